The molecule has 0 bridgehead atoms. The number of hydrogen-bond donors (Lipinski definition) is 0. The van der Waals surface area contributed by atoms with E-state index in [1.54, 1.807) is 36.4 Å². The maximum atomic E-state index is 12.7. The minimum Gasteiger partial charge on any atom is -0.493 e. The summed E-state index contributed by atoms with van der Waals surface area (Å²) in [6.07, 6.45) is 1.89. The molecule has 0 atom stereocenters. The zero-order valence-corrected chi connectivity index (χ0v) is 13.4. The molecule has 24 heavy (non-hydrogen) atoms. The van der Waals surface area contributed by atoms with Crippen LogP contribution in [0.2, 0.25) is 5.02 Å². The molecule has 0 N–H and O–H groups in total. The molecule has 0 fully saturated rings. The highest BCUT2D eigenvalue weighted by Gasteiger charge is 2.27. The number of allylic oxidation sites excluding steroid dienone is 1. The van der Waals surface area contributed by atoms with Gasteiger partial charge >= 0.3 is 6.61 Å². The lowest BCUT2D eigenvalue weighted by molar-refractivity contribution is -0.0513. The third kappa shape index (κ3) is 2.99. The van der Waals surface area contributed by atoms with Crippen molar-refractivity contribution in [1.29, 1.82) is 0 Å². The number of alkyl halides is 2. The van der Waals surface area contributed by atoms with Crippen LogP contribution in [0.25, 0.3) is 6.08 Å². The predicted molar refractivity (Wildman–Crippen MR) is 87.1 cm³/mol. The second kappa shape index (κ2) is 6.61. The maximum Gasteiger partial charge on any atom is 0.387 e. The fourth-order valence-electron chi connectivity index (χ4n) is 2.72. The molecule has 1 aliphatic carbocycles. The average molecular weight is 351 g/mol. The zero-order valence-electron chi connectivity index (χ0n) is 12.7. The number of methoxy groups -OCH3 is 1. The first-order valence-electron chi connectivity index (χ1n) is 7.15. The summed E-state index contributed by atoms with van der Waals surface area (Å²) >= 11 is 6.13. The van der Waals surface area contributed by atoms with Gasteiger partial charge in [0.1, 0.15) is 0 Å². The van der Waals surface area contributed by atoms with Crippen molar-refractivity contribution in [3.63, 3.8) is 0 Å². The number of ether oxygens (including phenoxy) is 2. The third-order valence-corrected chi connectivity index (χ3v) is 4.14. The van der Waals surface area contributed by atoms with Gasteiger partial charge in [0.25, 0.3) is 0 Å². The Morgan fingerprint density at radius 1 is 1.21 bits per heavy atom. The minimum absolute atomic E-state index is 0.0997. The molecule has 3 rings (SSSR count). The molecule has 0 heterocycles. The van der Waals surface area contributed by atoms with Gasteiger partial charge in [0, 0.05) is 28.1 Å². The standard InChI is InChI=1S/C18H13ClF2O3/c1-23-15-7-2-4-10(17(15)24-18(20)21)8-11-9-13-12(16(11)22)5-3-6-14(13)19/h2-8,18H,9H2,1H3/b11-8-. The normalized spacial score (nSPS) is 15.0. The number of para-hydroxylation sites is 1. The Bertz CT molecular complexity index is 831. The van der Waals surface area contributed by atoms with E-state index in [9.17, 15) is 13.6 Å². The van der Waals surface area contributed by atoms with E-state index in [1.165, 1.54) is 13.2 Å². The minimum atomic E-state index is -3.00. The van der Waals surface area contributed by atoms with Crippen LogP contribution in [0.3, 0.4) is 0 Å². The molecule has 0 saturated heterocycles. The Morgan fingerprint density at radius 2 is 1.96 bits per heavy atom. The fourth-order valence-corrected chi connectivity index (χ4v) is 2.96. The van der Waals surface area contributed by atoms with E-state index in [0.29, 0.717) is 28.1 Å². The Hall–Kier alpha value is -2.40. The molecule has 124 valence electrons. The molecule has 0 unspecified atom stereocenters. The molecule has 0 aliphatic heterocycles. The highest BCUT2D eigenvalue weighted by molar-refractivity contribution is 6.33. The van der Waals surface area contributed by atoms with Gasteiger partial charge in [-0.15, -0.1) is 0 Å². The number of Topliss-reactive ketones (excluding diaryl/α,β-unsaturated/α-hetero) is 1. The van der Waals surface area contributed by atoms with E-state index in [1.807, 2.05) is 0 Å². The van der Waals surface area contributed by atoms with Crippen LogP contribution >= 0.6 is 11.6 Å². The van der Waals surface area contributed by atoms with Gasteiger partial charge in [-0.3, -0.25) is 4.79 Å². The summed E-state index contributed by atoms with van der Waals surface area (Å²) in [6.45, 7) is -3.00. The van der Waals surface area contributed by atoms with Crippen LogP contribution in [0, 0.1) is 0 Å². The van der Waals surface area contributed by atoms with Crippen molar-refractivity contribution in [2.24, 2.45) is 0 Å². The lowest BCUT2D eigenvalue weighted by atomic mass is 10.1. The van der Waals surface area contributed by atoms with Crippen molar-refractivity contribution in [1.82, 2.24) is 0 Å². The summed E-state index contributed by atoms with van der Waals surface area (Å²) in [7, 11) is 1.36. The molecule has 0 spiro atoms. The second-order valence-electron chi connectivity index (χ2n) is 5.20. The van der Waals surface area contributed by atoms with Gasteiger partial charge in [-0.1, -0.05) is 35.9 Å². The van der Waals surface area contributed by atoms with E-state index in [4.69, 9.17) is 16.3 Å². The summed E-state index contributed by atoms with van der Waals surface area (Å²) in [6, 6.07) is 9.87. The molecule has 2 aromatic carbocycles. The first kappa shape index (κ1) is 16.5. The first-order valence-corrected chi connectivity index (χ1v) is 7.53. The number of rotatable bonds is 4. The molecule has 0 amide bonds. The predicted octanol–water partition coefficient (Wildman–Crippen LogP) is 4.77. The van der Waals surface area contributed by atoms with Crippen LogP contribution in [0.4, 0.5) is 8.78 Å². The number of hydrogen-bond acceptors (Lipinski definition) is 3. The van der Waals surface area contributed by atoms with Crippen molar-refractivity contribution in [3.05, 3.63) is 63.7 Å². The monoisotopic (exact) mass is 350 g/mol. The molecule has 0 radical (unpaired) electrons. The van der Waals surface area contributed by atoms with Crippen LogP contribution in [-0.4, -0.2) is 19.5 Å². The summed E-state index contributed by atoms with van der Waals surface area (Å²) in [4.78, 5) is 12.5. The van der Waals surface area contributed by atoms with Crippen molar-refractivity contribution in [2.75, 3.05) is 7.11 Å². The Morgan fingerprint density at radius 3 is 2.62 bits per heavy atom. The number of carbonyl (C=O) groups is 1. The van der Waals surface area contributed by atoms with Gasteiger partial charge in [0.15, 0.2) is 17.3 Å². The van der Waals surface area contributed by atoms with Crippen LogP contribution < -0.4 is 9.47 Å². The Kier molecular flexibility index (Phi) is 4.53. The van der Waals surface area contributed by atoms with Crippen molar-refractivity contribution in [3.8, 4) is 11.5 Å². The molecular formula is C18H13ClF2O3. The van der Waals surface area contributed by atoms with Gasteiger partial charge in [0.05, 0.1) is 7.11 Å². The van der Waals surface area contributed by atoms with E-state index in [-0.39, 0.29) is 17.3 Å². The molecule has 1 aliphatic rings. The number of benzene rings is 2. The molecule has 0 saturated carbocycles. The summed E-state index contributed by atoms with van der Waals surface area (Å²) in [5.41, 5.74) is 2.09. The zero-order chi connectivity index (χ0) is 17.3. The number of fused-ring (bicyclic) bond motifs is 1. The lowest BCUT2D eigenvalue weighted by Gasteiger charge is -2.12. The van der Waals surface area contributed by atoms with Crippen LogP contribution in [-0.2, 0) is 6.42 Å². The van der Waals surface area contributed by atoms with Crippen molar-refractivity contribution >= 4 is 23.5 Å². The lowest BCUT2D eigenvalue weighted by Crippen LogP contribution is -2.05. The SMILES string of the molecule is COc1cccc(/C=C2/Cc3c(Cl)cccc3C2=O)c1OC(F)F. The highest BCUT2D eigenvalue weighted by Crippen LogP contribution is 2.37. The number of ketones is 1. The number of carbonyl (C=O) groups excluding carboxylic acids is 1. The van der Waals surface area contributed by atoms with Gasteiger partial charge in [0.2, 0.25) is 0 Å². The topological polar surface area (TPSA) is 35.5 Å². The van der Waals surface area contributed by atoms with Crippen molar-refractivity contribution in [2.45, 2.75) is 13.0 Å². The van der Waals surface area contributed by atoms with Gasteiger partial charge in [-0.05, 0) is 23.8 Å². The number of halogens is 3. The van der Waals surface area contributed by atoms with Gasteiger partial charge < -0.3 is 9.47 Å². The van der Waals surface area contributed by atoms with Gasteiger partial charge in [-0.2, -0.15) is 8.78 Å². The van der Waals surface area contributed by atoms with E-state index >= 15 is 0 Å². The van der Waals surface area contributed by atoms with E-state index in [0.717, 1.165) is 5.56 Å². The molecule has 2 aromatic rings. The molecular weight excluding hydrogens is 338 g/mol. The molecule has 0 aromatic heterocycles. The Labute approximate surface area is 142 Å². The Balaban J connectivity index is 2.04. The van der Waals surface area contributed by atoms with Crippen LogP contribution in [0.15, 0.2) is 42.0 Å². The van der Waals surface area contributed by atoms with Crippen LogP contribution in [0.5, 0.6) is 11.5 Å². The highest BCUT2D eigenvalue weighted by atomic mass is 35.5. The largest absolute Gasteiger partial charge is 0.493 e. The van der Waals surface area contributed by atoms with Gasteiger partial charge in [-0.25, -0.2) is 0 Å². The van der Waals surface area contributed by atoms with E-state index in [2.05, 4.69) is 4.74 Å². The van der Waals surface area contributed by atoms with E-state index < -0.39 is 6.61 Å². The van der Waals surface area contributed by atoms with Crippen LogP contribution in [0.1, 0.15) is 21.5 Å². The molecule has 3 nitrogen and oxygen atoms in total. The third-order valence-electron chi connectivity index (χ3n) is 3.79. The quantitative estimate of drug-likeness (QED) is 0.745. The second-order valence-corrected chi connectivity index (χ2v) is 5.61. The van der Waals surface area contributed by atoms with Crippen molar-refractivity contribution < 1.29 is 23.0 Å². The smallest absolute Gasteiger partial charge is 0.387 e. The summed E-state index contributed by atoms with van der Waals surface area (Å²) < 4.78 is 35.0. The summed E-state index contributed by atoms with van der Waals surface area (Å²) in [5.74, 6) is -0.0960. The maximum absolute atomic E-state index is 12.7. The molecule has 6 heteroatoms. The fraction of sp³-hybridized carbons (Fsp3) is 0.167. The first-order chi connectivity index (χ1) is 11.5. The summed E-state index contributed by atoms with van der Waals surface area (Å²) in [5, 5.41) is 0.513. The average Bonchev–Trinajstić information content (AvgIpc) is 2.87.